The first kappa shape index (κ1) is 12.9. The molecular formula is C12H22N4. The van der Waals surface area contributed by atoms with Crippen LogP contribution in [0.3, 0.4) is 0 Å². The molecule has 1 aromatic heterocycles. The van der Waals surface area contributed by atoms with Gasteiger partial charge >= 0.3 is 0 Å². The van der Waals surface area contributed by atoms with E-state index in [4.69, 9.17) is 5.73 Å². The fourth-order valence-electron chi connectivity index (χ4n) is 1.25. The lowest BCUT2D eigenvalue weighted by Gasteiger charge is -2.41. The third kappa shape index (κ3) is 2.93. The van der Waals surface area contributed by atoms with Crippen LogP contribution in [0.2, 0.25) is 0 Å². The second-order valence-electron chi connectivity index (χ2n) is 4.86. The SMILES string of the molecule is CNC(C)(C)C(C)(N)CNc1ccccn1. The van der Waals surface area contributed by atoms with Crippen LogP contribution in [0.4, 0.5) is 5.82 Å². The first-order valence-electron chi connectivity index (χ1n) is 5.52. The third-order valence-electron chi connectivity index (χ3n) is 3.35. The van der Waals surface area contributed by atoms with Crippen LogP contribution in [0.5, 0.6) is 0 Å². The number of hydrogen-bond donors (Lipinski definition) is 3. The normalized spacial score (nSPS) is 15.6. The summed E-state index contributed by atoms with van der Waals surface area (Å²) < 4.78 is 0. The van der Waals surface area contributed by atoms with Crippen LogP contribution < -0.4 is 16.4 Å². The molecule has 0 bridgehead atoms. The Balaban J connectivity index is 2.61. The van der Waals surface area contributed by atoms with E-state index in [-0.39, 0.29) is 11.1 Å². The molecule has 4 N–H and O–H groups in total. The highest BCUT2D eigenvalue weighted by Gasteiger charge is 2.36. The Bertz CT molecular complexity index is 319. The van der Waals surface area contributed by atoms with Crippen molar-refractivity contribution in [2.24, 2.45) is 5.73 Å². The second kappa shape index (κ2) is 4.80. The van der Waals surface area contributed by atoms with Gasteiger partial charge in [0.1, 0.15) is 5.82 Å². The van der Waals surface area contributed by atoms with E-state index in [1.807, 2.05) is 32.2 Å². The van der Waals surface area contributed by atoms with Gasteiger partial charge < -0.3 is 16.4 Å². The number of aromatic nitrogens is 1. The number of hydrogen-bond acceptors (Lipinski definition) is 4. The highest BCUT2D eigenvalue weighted by molar-refractivity contribution is 5.34. The summed E-state index contributed by atoms with van der Waals surface area (Å²) in [6.45, 7) is 6.87. The van der Waals surface area contributed by atoms with Crippen LogP contribution in [0.15, 0.2) is 24.4 Å². The molecule has 0 saturated heterocycles. The second-order valence-corrected chi connectivity index (χ2v) is 4.86. The highest BCUT2D eigenvalue weighted by Crippen LogP contribution is 2.18. The number of pyridine rings is 1. The van der Waals surface area contributed by atoms with Crippen LogP contribution in [-0.2, 0) is 0 Å². The van der Waals surface area contributed by atoms with Crippen molar-refractivity contribution < 1.29 is 0 Å². The van der Waals surface area contributed by atoms with Gasteiger partial charge in [0, 0.05) is 23.8 Å². The molecule has 90 valence electrons. The molecule has 4 heteroatoms. The van der Waals surface area contributed by atoms with Crippen molar-refractivity contribution in [1.29, 1.82) is 0 Å². The lowest BCUT2D eigenvalue weighted by Crippen LogP contribution is -2.65. The van der Waals surface area contributed by atoms with Crippen molar-refractivity contribution in [3.8, 4) is 0 Å². The minimum Gasteiger partial charge on any atom is -0.368 e. The van der Waals surface area contributed by atoms with Crippen LogP contribution in [0, 0.1) is 0 Å². The van der Waals surface area contributed by atoms with Gasteiger partial charge in [-0.1, -0.05) is 6.07 Å². The van der Waals surface area contributed by atoms with E-state index in [1.165, 1.54) is 0 Å². The van der Waals surface area contributed by atoms with Crippen molar-refractivity contribution in [3.63, 3.8) is 0 Å². The maximum Gasteiger partial charge on any atom is 0.125 e. The van der Waals surface area contributed by atoms with Crippen molar-refractivity contribution in [1.82, 2.24) is 10.3 Å². The lowest BCUT2D eigenvalue weighted by molar-refractivity contribution is 0.250. The standard InChI is InChI=1S/C12H22N4/c1-11(2,14-4)12(3,13)9-16-10-7-5-6-8-15-10/h5-8,14H,9,13H2,1-4H3,(H,15,16). The van der Waals surface area contributed by atoms with Gasteiger partial charge in [-0.05, 0) is 40.0 Å². The van der Waals surface area contributed by atoms with E-state index in [1.54, 1.807) is 6.20 Å². The van der Waals surface area contributed by atoms with Crippen LogP contribution in [0.1, 0.15) is 20.8 Å². The van der Waals surface area contributed by atoms with E-state index in [9.17, 15) is 0 Å². The Hall–Kier alpha value is -1.13. The van der Waals surface area contributed by atoms with Gasteiger partial charge in [0.15, 0.2) is 0 Å². The Labute approximate surface area is 97.6 Å². The zero-order valence-corrected chi connectivity index (χ0v) is 10.5. The first-order valence-corrected chi connectivity index (χ1v) is 5.52. The summed E-state index contributed by atoms with van der Waals surface area (Å²) in [6.07, 6.45) is 1.76. The number of likely N-dealkylation sites (N-methyl/N-ethyl adjacent to an activating group) is 1. The minimum atomic E-state index is -0.362. The van der Waals surface area contributed by atoms with E-state index >= 15 is 0 Å². The Morgan fingerprint density at radius 3 is 2.50 bits per heavy atom. The quantitative estimate of drug-likeness (QED) is 0.700. The van der Waals surface area contributed by atoms with Crippen LogP contribution in [-0.4, -0.2) is 29.7 Å². The smallest absolute Gasteiger partial charge is 0.125 e. The van der Waals surface area contributed by atoms with Crippen molar-refractivity contribution in [2.75, 3.05) is 18.9 Å². The average molecular weight is 222 g/mol. The molecule has 0 spiro atoms. The molecule has 0 amide bonds. The molecule has 1 heterocycles. The lowest BCUT2D eigenvalue weighted by atomic mass is 9.82. The van der Waals surface area contributed by atoms with Crippen molar-refractivity contribution in [2.45, 2.75) is 31.8 Å². The molecule has 1 atom stereocenters. The zero-order chi connectivity index (χ0) is 12.2. The fourth-order valence-corrected chi connectivity index (χ4v) is 1.25. The Morgan fingerprint density at radius 1 is 1.31 bits per heavy atom. The number of rotatable bonds is 5. The average Bonchev–Trinajstić information content (AvgIpc) is 2.27. The molecule has 0 aromatic carbocycles. The van der Waals surface area contributed by atoms with E-state index < -0.39 is 0 Å². The summed E-state index contributed by atoms with van der Waals surface area (Å²) in [5.41, 5.74) is 5.79. The van der Waals surface area contributed by atoms with Gasteiger partial charge in [-0.15, -0.1) is 0 Å². The van der Waals surface area contributed by atoms with Gasteiger partial charge in [-0.3, -0.25) is 0 Å². The summed E-state index contributed by atoms with van der Waals surface area (Å²) in [5, 5.41) is 6.48. The van der Waals surface area contributed by atoms with E-state index in [2.05, 4.69) is 29.5 Å². The maximum absolute atomic E-state index is 6.30. The molecular weight excluding hydrogens is 200 g/mol. The molecule has 0 radical (unpaired) electrons. The van der Waals surface area contributed by atoms with Crippen molar-refractivity contribution in [3.05, 3.63) is 24.4 Å². The first-order chi connectivity index (χ1) is 7.39. The molecule has 0 aliphatic rings. The molecule has 1 unspecified atom stereocenters. The number of anilines is 1. The number of nitrogens with two attached hydrogens (primary N) is 1. The molecule has 0 aliphatic heterocycles. The summed E-state index contributed by atoms with van der Waals surface area (Å²) in [6, 6.07) is 5.78. The Morgan fingerprint density at radius 2 is 2.00 bits per heavy atom. The maximum atomic E-state index is 6.30. The molecule has 0 aliphatic carbocycles. The van der Waals surface area contributed by atoms with Gasteiger partial charge in [0.05, 0.1) is 0 Å². The summed E-state index contributed by atoms with van der Waals surface area (Å²) in [5.74, 6) is 0.853. The Kier molecular flexibility index (Phi) is 3.88. The largest absolute Gasteiger partial charge is 0.368 e. The summed E-state index contributed by atoms with van der Waals surface area (Å²) >= 11 is 0. The van der Waals surface area contributed by atoms with Crippen LogP contribution in [0.25, 0.3) is 0 Å². The number of nitrogens with one attached hydrogen (secondary N) is 2. The van der Waals surface area contributed by atoms with Gasteiger partial charge in [0.2, 0.25) is 0 Å². The van der Waals surface area contributed by atoms with Crippen molar-refractivity contribution >= 4 is 5.82 Å². The highest BCUT2D eigenvalue weighted by atomic mass is 15.1. The third-order valence-corrected chi connectivity index (χ3v) is 3.35. The predicted molar refractivity (Wildman–Crippen MR) is 68.5 cm³/mol. The van der Waals surface area contributed by atoms with Crippen LogP contribution >= 0.6 is 0 Å². The van der Waals surface area contributed by atoms with Gasteiger partial charge in [-0.25, -0.2) is 4.98 Å². The molecule has 1 rings (SSSR count). The molecule has 0 saturated carbocycles. The number of nitrogens with zero attached hydrogens (tertiary/aromatic N) is 1. The van der Waals surface area contributed by atoms with Gasteiger partial charge in [-0.2, -0.15) is 0 Å². The predicted octanol–water partition coefficient (Wildman–Crippen LogP) is 1.21. The zero-order valence-electron chi connectivity index (χ0n) is 10.5. The summed E-state index contributed by atoms with van der Waals surface area (Å²) in [4.78, 5) is 4.20. The fraction of sp³-hybridized carbons (Fsp3) is 0.583. The minimum absolute atomic E-state index is 0.144. The molecule has 1 aromatic rings. The van der Waals surface area contributed by atoms with Gasteiger partial charge in [0.25, 0.3) is 0 Å². The topological polar surface area (TPSA) is 63.0 Å². The molecule has 16 heavy (non-hydrogen) atoms. The molecule has 4 nitrogen and oxygen atoms in total. The molecule has 0 fully saturated rings. The van der Waals surface area contributed by atoms with E-state index in [0.29, 0.717) is 6.54 Å². The summed E-state index contributed by atoms with van der Waals surface area (Å²) in [7, 11) is 1.92. The van der Waals surface area contributed by atoms with E-state index in [0.717, 1.165) is 5.82 Å². The monoisotopic (exact) mass is 222 g/mol.